The fourth-order valence-electron chi connectivity index (χ4n) is 3.29. The molecule has 1 aliphatic rings. The number of rotatable bonds is 4. The molecule has 4 nitrogen and oxygen atoms in total. The van der Waals surface area contributed by atoms with Gasteiger partial charge in [-0.15, -0.1) is 0 Å². The highest BCUT2D eigenvalue weighted by Crippen LogP contribution is 2.29. The minimum atomic E-state index is -0.151. The van der Waals surface area contributed by atoms with Gasteiger partial charge in [-0.2, -0.15) is 0 Å². The number of aliphatic imine (C=N–C) groups is 1. The molecule has 0 spiro atoms. The molecule has 0 saturated carbocycles. The Morgan fingerprint density at radius 2 is 1.67 bits per heavy atom. The van der Waals surface area contributed by atoms with Gasteiger partial charge in [0.2, 0.25) is 5.96 Å². The predicted molar refractivity (Wildman–Crippen MR) is 113 cm³/mol. The number of benzene rings is 2. The smallest absolute Gasteiger partial charge is 0.283 e. The maximum Gasteiger partial charge on any atom is 0.283 e. The molecular weight excluding hydrogens is 358 g/mol. The lowest BCUT2D eigenvalue weighted by Crippen LogP contribution is -2.50. The summed E-state index contributed by atoms with van der Waals surface area (Å²) in [5.74, 6) is 0.483. The zero-order valence-corrected chi connectivity index (χ0v) is 16.8. The monoisotopic (exact) mass is 381 g/mol. The van der Waals surface area contributed by atoms with Gasteiger partial charge in [0.25, 0.3) is 5.91 Å². The van der Waals surface area contributed by atoms with Crippen molar-refractivity contribution in [2.24, 2.45) is 4.99 Å². The fourth-order valence-corrected chi connectivity index (χ4v) is 3.48. The zero-order chi connectivity index (χ0) is 19.6. The van der Waals surface area contributed by atoms with Crippen molar-refractivity contribution in [2.45, 2.75) is 39.8 Å². The first-order chi connectivity index (χ1) is 12.9. The van der Waals surface area contributed by atoms with E-state index in [1.54, 1.807) is 17.0 Å². The van der Waals surface area contributed by atoms with Crippen LogP contribution in [0.3, 0.4) is 0 Å². The van der Waals surface area contributed by atoms with E-state index < -0.39 is 0 Å². The van der Waals surface area contributed by atoms with Crippen molar-refractivity contribution in [3.63, 3.8) is 0 Å². The van der Waals surface area contributed by atoms with Crippen LogP contribution in [-0.2, 0) is 4.79 Å². The summed E-state index contributed by atoms with van der Waals surface area (Å²) in [4.78, 5) is 21.8. The van der Waals surface area contributed by atoms with E-state index in [2.05, 4.69) is 32.6 Å². The van der Waals surface area contributed by atoms with Gasteiger partial charge in [0.05, 0.1) is 5.69 Å². The molecule has 0 atom stereocenters. The largest absolute Gasteiger partial charge is 0.337 e. The predicted octanol–water partition coefficient (Wildman–Crippen LogP) is 5.20. The number of hydrogen-bond donors (Lipinski definition) is 0. The second-order valence-electron chi connectivity index (χ2n) is 7.07. The number of hydrogen-bond acceptors (Lipinski definition) is 3. The third-order valence-corrected chi connectivity index (χ3v) is 4.59. The minimum Gasteiger partial charge on any atom is -0.337 e. The van der Waals surface area contributed by atoms with Crippen LogP contribution in [0.5, 0.6) is 0 Å². The summed E-state index contributed by atoms with van der Waals surface area (Å²) in [6.07, 6.45) is 1.83. The minimum absolute atomic E-state index is 0.151. The Balaban J connectivity index is 2.12. The van der Waals surface area contributed by atoms with Crippen molar-refractivity contribution in [3.8, 4) is 0 Å². The molecule has 27 heavy (non-hydrogen) atoms. The summed E-state index contributed by atoms with van der Waals surface area (Å²) in [5.41, 5.74) is 2.08. The summed E-state index contributed by atoms with van der Waals surface area (Å²) < 4.78 is 0. The summed E-state index contributed by atoms with van der Waals surface area (Å²) in [6.45, 7) is 8.40. The molecule has 1 amide bonds. The second kappa shape index (κ2) is 7.97. The maximum atomic E-state index is 13.3. The van der Waals surface area contributed by atoms with Gasteiger partial charge >= 0.3 is 0 Å². The Kier molecular flexibility index (Phi) is 5.66. The first kappa shape index (κ1) is 19.2. The molecule has 2 aromatic carbocycles. The number of anilines is 1. The Hall–Kier alpha value is -2.59. The lowest BCUT2D eigenvalue weighted by molar-refractivity contribution is -0.113. The average molecular weight is 382 g/mol. The number of amides is 1. The Morgan fingerprint density at radius 1 is 1.00 bits per heavy atom. The molecule has 1 aliphatic heterocycles. The summed E-state index contributed by atoms with van der Waals surface area (Å²) in [7, 11) is 0. The molecule has 2 aromatic rings. The van der Waals surface area contributed by atoms with Gasteiger partial charge in [0.15, 0.2) is 0 Å². The van der Waals surface area contributed by atoms with Crippen LogP contribution < -0.4 is 4.90 Å². The van der Waals surface area contributed by atoms with Crippen LogP contribution in [0.1, 0.15) is 33.3 Å². The van der Waals surface area contributed by atoms with Crippen LogP contribution >= 0.6 is 11.6 Å². The molecule has 0 fully saturated rings. The molecule has 0 aromatic heterocycles. The zero-order valence-electron chi connectivity index (χ0n) is 16.1. The third-order valence-electron chi connectivity index (χ3n) is 4.36. The summed E-state index contributed by atoms with van der Waals surface area (Å²) in [6, 6.07) is 17.4. The van der Waals surface area contributed by atoms with E-state index in [-0.39, 0.29) is 18.0 Å². The number of nitrogens with zero attached hydrogens (tertiary/aromatic N) is 3. The summed E-state index contributed by atoms with van der Waals surface area (Å²) in [5, 5.41) is 0.584. The average Bonchev–Trinajstić information content (AvgIpc) is 2.91. The van der Waals surface area contributed by atoms with Gasteiger partial charge in [-0.1, -0.05) is 48.0 Å². The lowest BCUT2D eigenvalue weighted by Gasteiger charge is -2.35. The van der Waals surface area contributed by atoms with Crippen molar-refractivity contribution < 1.29 is 4.79 Å². The molecule has 0 radical (unpaired) electrons. The Bertz CT molecular complexity index is 879. The quantitative estimate of drug-likeness (QED) is 0.682. The molecule has 0 N–H and O–H groups in total. The highest BCUT2D eigenvalue weighted by molar-refractivity contribution is 6.32. The summed E-state index contributed by atoms with van der Waals surface area (Å²) >= 11 is 6.18. The van der Waals surface area contributed by atoms with Gasteiger partial charge in [0.1, 0.15) is 5.70 Å². The molecule has 140 valence electrons. The molecule has 5 heteroatoms. The van der Waals surface area contributed by atoms with Crippen LogP contribution in [0.4, 0.5) is 5.69 Å². The van der Waals surface area contributed by atoms with E-state index in [1.807, 2.05) is 48.5 Å². The molecule has 3 rings (SSSR count). The van der Waals surface area contributed by atoms with Crippen LogP contribution in [-0.4, -0.2) is 28.9 Å². The van der Waals surface area contributed by atoms with Gasteiger partial charge in [-0.3, -0.25) is 4.79 Å². The van der Waals surface area contributed by atoms with Crippen LogP contribution in [0, 0.1) is 0 Å². The second-order valence-corrected chi connectivity index (χ2v) is 7.50. The van der Waals surface area contributed by atoms with E-state index in [1.165, 1.54) is 0 Å². The fraction of sp³-hybridized carbons (Fsp3) is 0.273. The van der Waals surface area contributed by atoms with E-state index in [9.17, 15) is 4.79 Å². The Morgan fingerprint density at radius 3 is 2.26 bits per heavy atom. The van der Waals surface area contributed by atoms with Gasteiger partial charge in [0, 0.05) is 17.1 Å². The van der Waals surface area contributed by atoms with Crippen molar-refractivity contribution >= 4 is 35.2 Å². The molecular formula is C22H24ClN3O. The Labute approximate surface area is 165 Å². The van der Waals surface area contributed by atoms with E-state index in [0.29, 0.717) is 22.4 Å². The molecule has 0 bridgehead atoms. The standard InChI is InChI=1S/C22H24ClN3O/c1-15(2)25(16(3)4)22-24-20(13-17-9-6-5-7-10-17)21(27)26(22)19-12-8-11-18(23)14-19/h5-16H,1-4H3. The van der Waals surface area contributed by atoms with Gasteiger partial charge < -0.3 is 4.90 Å². The number of guanidine groups is 1. The van der Waals surface area contributed by atoms with Crippen molar-refractivity contribution in [3.05, 3.63) is 70.9 Å². The molecule has 0 saturated heterocycles. The third kappa shape index (κ3) is 4.06. The van der Waals surface area contributed by atoms with E-state index in [0.717, 1.165) is 5.56 Å². The van der Waals surface area contributed by atoms with E-state index >= 15 is 0 Å². The van der Waals surface area contributed by atoms with Gasteiger partial charge in [-0.05, 0) is 57.5 Å². The van der Waals surface area contributed by atoms with Crippen molar-refractivity contribution in [2.75, 3.05) is 4.90 Å². The van der Waals surface area contributed by atoms with E-state index in [4.69, 9.17) is 16.6 Å². The van der Waals surface area contributed by atoms with Crippen molar-refractivity contribution in [1.29, 1.82) is 0 Å². The lowest BCUT2D eigenvalue weighted by atomic mass is 10.2. The number of carbonyl (C=O) groups excluding carboxylic acids is 1. The number of carbonyl (C=O) groups is 1. The SMILES string of the molecule is CC(C)N(C1=NC(=Cc2ccccc2)C(=O)N1c1cccc(Cl)c1)C(C)C. The number of halogens is 1. The normalized spacial score (nSPS) is 15.8. The highest BCUT2D eigenvalue weighted by atomic mass is 35.5. The van der Waals surface area contributed by atoms with Crippen LogP contribution in [0.2, 0.25) is 5.02 Å². The molecule has 0 aliphatic carbocycles. The first-order valence-electron chi connectivity index (χ1n) is 9.12. The van der Waals surface area contributed by atoms with Crippen LogP contribution in [0.15, 0.2) is 65.3 Å². The highest BCUT2D eigenvalue weighted by Gasteiger charge is 2.36. The van der Waals surface area contributed by atoms with Crippen LogP contribution in [0.25, 0.3) is 6.08 Å². The molecule has 1 heterocycles. The first-order valence-corrected chi connectivity index (χ1v) is 9.50. The maximum absolute atomic E-state index is 13.3. The molecule has 0 unspecified atom stereocenters. The van der Waals surface area contributed by atoms with Gasteiger partial charge in [-0.25, -0.2) is 9.89 Å². The topological polar surface area (TPSA) is 35.9 Å². The van der Waals surface area contributed by atoms with Crippen molar-refractivity contribution in [1.82, 2.24) is 4.90 Å².